The molecule has 5 heteroatoms. The Kier molecular flexibility index (Phi) is 5.63. The fourth-order valence-corrected chi connectivity index (χ4v) is 3.10. The largest absolute Gasteiger partial charge is 0.396 e. The smallest absolute Gasteiger partial charge is 0.317 e. The van der Waals surface area contributed by atoms with Crippen LogP contribution >= 0.6 is 0 Å². The van der Waals surface area contributed by atoms with E-state index in [2.05, 4.69) is 5.32 Å². The predicted molar refractivity (Wildman–Crippen MR) is 88.5 cm³/mol. The average Bonchev–Trinajstić information content (AvgIpc) is 2.51. The number of hydrogen-bond donors (Lipinski definition) is 2. The van der Waals surface area contributed by atoms with E-state index < -0.39 is 0 Å². The Balaban J connectivity index is 2.13. The van der Waals surface area contributed by atoms with Crippen LogP contribution in [0.3, 0.4) is 0 Å². The van der Waals surface area contributed by atoms with E-state index in [1.807, 2.05) is 26.8 Å². The Morgan fingerprint density at radius 2 is 2.22 bits per heavy atom. The van der Waals surface area contributed by atoms with Gasteiger partial charge in [0.2, 0.25) is 0 Å². The molecular formula is C18H27FN2O2. The van der Waals surface area contributed by atoms with E-state index in [1.165, 1.54) is 12.1 Å². The predicted octanol–water partition coefficient (Wildman–Crippen LogP) is 3.33. The summed E-state index contributed by atoms with van der Waals surface area (Å²) in [6.07, 6.45) is 1.85. The van der Waals surface area contributed by atoms with Gasteiger partial charge in [-0.2, -0.15) is 0 Å². The number of hydrogen-bond acceptors (Lipinski definition) is 2. The molecule has 1 heterocycles. The molecule has 2 amide bonds. The summed E-state index contributed by atoms with van der Waals surface area (Å²) < 4.78 is 13.6. The molecular weight excluding hydrogens is 295 g/mol. The monoisotopic (exact) mass is 322 g/mol. The second-order valence-electron chi connectivity index (χ2n) is 7.44. The van der Waals surface area contributed by atoms with E-state index in [0.29, 0.717) is 13.1 Å². The average molecular weight is 322 g/mol. The standard InChI is InChI=1S/C18H27FN2O2/c1-18(2,3)16(14-7-4-8-15(19)10-14)20-17(23)21-9-5-6-13(11-21)12-22/h4,7-8,10,13,16,22H,5-6,9,11-12H2,1-3H3,(H,20,23)/t13-,16-/m1/s1. The van der Waals surface area contributed by atoms with Crippen molar-refractivity contribution < 1.29 is 14.3 Å². The lowest BCUT2D eigenvalue weighted by Gasteiger charge is -2.37. The van der Waals surface area contributed by atoms with Crippen molar-refractivity contribution in [1.29, 1.82) is 0 Å². The summed E-state index contributed by atoms with van der Waals surface area (Å²) in [5.41, 5.74) is 0.525. The molecule has 2 rings (SSSR count). The Labute approximate surface area is 137 Å². The highest BCUT2D eigenvalue weighted by Gasteiger charge is 2.31. The highest BCUT2D eigenvalue weighted by atomic mass is 19.1. The van der Waals surface area contributed by atoms with Gasteiger partial charge < -0.3 is 15.3 Å². The van der Waals surface area contributed by atoms with Crippen molar-refractivity contribution in [2.24, 2.45) is 11.3 Å². The zero-order valence-corrected chi connectivity index (χ0v) is 14.2. The number of nitrogens with one attached hydrogen (secondary N) is 1. The molecule has 0 aromatic heterocycles. The molecule has 1 aromatic rings. The van der Waals surface area contributed by atoms with Crippen molar-refractivity contribution >= 4 is 6.03 Å². The van der Waals surface area contributed by atoms with E-state index in [9.17, 15) is 14.3 Å². The third kappa shape index (κ3) is 4.67. The highest BCUT2D eigenvalue weighted by molar-refractivity contribution is 5.75. The number of halogens is 1. The summed E-state index contributed by atoms with van der Waals surface area (Å²) in [6.45, 7) is 7.45. The number of piperidine rings is 1. The second kappa shape index (κ2) is 7.30. The molecule has 128 valence electrons. The van der Waals surface area contributed by atoms with Gasteiger partial charge in [-0.3, -0.25) is 0 Å². The van der Waals surface area contributed by atoms with Crippen molar-refractivity contribution in [3.05, 3.63) is 35.6 Å². The molecule has 23 heavy (non-hydrogen) atoms. The van der Waals surface area contributed by atoms with Crippen molar-refractivity contribution in [1.82, 2.24) is 10.2 Å². The zero-order valence-electron chi connectivity index (χ0n) is 14.2. The minimum atomic E-state index is -0.302. The lowest BCUT2D eigenvalue weighted by Crippen LogP contribution is -2.49. The molecule has 4 nitrogen and oxygen atoms in total. The van der Waals surface area contributed by atoms with Gasteiger partial charge in [0, 0.05) is 19.7 Å². The van der Waals surface area contributed by atoms with Gasteiger partial charge in [0.15, 0.2) is 0 Å². The van der Waals surface area contributed by atoms with Crippen LogP contribution in [-0.2, 0) is 0 Å². The summed E-state index contributed by atoms with van der Waals surface area (Å²) >= 11 is 0. The SMILES string of the molecule is CC(C)(C)[C@H](NC(=O)N1CCC[C@@H](CO)C1)c1cccc(F)c1. The first-order chi connectivity index (χ1) is 10.8. The van der Waals surface area contributed by atoms with Crippen LogP contribution in [-0.4, -0.2) is 35.7 Å². The first-order valence-electron chi connectivity index (χ1n) is 8.23. The number of urea groups is 1. The number of amides is 2. The van der Waals surface area contributed by atoms with Crippen molar-refractivity contribution in [2.45, 2.75) is 39.7 Å². The van der Waals surface area contributed by atoms with E-state index in [-0.39, 0.29) is 35.8 Å². The van der Waals surface area contributed by atoms with Crippen LogP contribution in [0.15, 0.2) is 24.3 Å². The Hall–Kier alpha value is -1.62. The summed E-state index contributed by atoms with van der Waals surface area (Å²) in [6, 6.07) is 5.96. The highest BCUT2D eigenvalue weighted by Crippen LogP contribution is 2.33. The number of rotatable bonds is 3. The van der Waals surface area contributed by atoms with Crippen LogP contribution < -0.4 is 5.32 Å². The Morgan fingerprint density at radius 3 is 2.83 bits per heavy atom. The second-order valence-corrected chi connectivity index (χ2v) is 7.44. The molecule has 1 aliphatic heterocycles. The van der Waals surface area contributed by atoms with Gasteiger partial charge in [-0.05, 0) is 41.9 Å². The van der Waals surface area contributed by atoms with E-state index >= 15 is 0 Å². The number of likely N-dealkylation sites (tertiary alicyclic amines) is 1. The molecule has 0 bridgehead atoms. The van der Waals surface area contributed by atoms with Crippen molar-refractivity contribution in [3.8, 4) is 0 Å². The van der Waals surface area contributed by atoms with Crippen molar-refractivity contribution in [2.75, 3.05) is 19.7 Å². The molecule has 2 N–H and O–H groups in total. The van der Waals surface area contributed by atoms with Crippen LogP contribution in [0.1, 0.15) is 45.2 Å². The maximum atomic E-state index is 13.6. The summed E-state index contributed by atoms with van der Waals surface area (Å²) in [4.78, 5) is 14.4. The van der Waals surface area contributed by atoms with Gasteiger partial charge in [0.1, 0.15) is 5.82 Å². The van der Waals surface area contributed by atoms with Crippen molar-refractivity contribution in [3.63, 3.8) is 0 Å². The van der Waals surface area contributed by atoms with E-state index in [4.69, 9.17) is 0 Å². The zero-order chi connectivity index (χ0) is 17.0. The number of aliphatic hydroxyl groups excluding tert-OH is 1. The van der Waals surface area contributed by atoms with E-state index in [0.717, 1.165) is 18.4 Å². The number of carbonyl (C=O) groups excluding carboxylic acids is 1. The number of nitrogens with zero attached hydrogens (tertiary/aromatic N) is 1. The van der Waals surface area contributed by atoms with Gasteiger partial charge >= 0.3 is 6.03 Å². The van der Waals surface area contributed by atoms with Gasteiger partial charge in [0.25, 0.3) is 0 Å². The minimum absolute atomic E-state index is 0.108. The Bertz CT molecular complexity index is 542. The maximum absolute atomic E-state index is 13.6. The molecule has 0 unspecified atom stereocenters. The fraction of sp³-hybridized carbons (Fsp3) is 0.611. The lowest BCUT2D eigenvalue weighted by molar-refractivity contribution is 0.123. The summed E-state index contributed by atoms with van der Waals surface area (Å²) in [5.74, 6) is -0.152. The molecule has 1 aliphatic rings. The van der Waals surface area contributed by atoms with Crippen LogP contribution in [0.4, 0.5) is 9.18 Å². The van der Waals surface area contributed by atoms with Gasteiger partial charge in [-0.15, -0.1) is 0 Å². The number of benzene rings is 1. The minimum Gasteiger partial charge on any atom is -0.396 e. The molecule has 1 aromatic carbocycles. The number of carbonyl (C=O) groups is 1. The van der Waals surface area contributed by atoms with Crippen LogP contribution in [0, 0.1) is 17.2 Å². The molecule has 2 atom stereocenters. The fourth-order valence-electron chi connectivity index (χ4n) is 3.10. The van der Waals surface area contributed by atoms with Crippen LogP contribution in [0.25, 0.3) is 0 Å². The quantitative estimate of drug-likeness (QED) is 0.897. The van der Waals surface area contributed by atoms with Crippen LogP contribution in [0.2, 0.25) is 0 Å². The third-order valence-electron chi connectivity index (χ3n) is 4.38. The van der Waals surface area contributed by atoms with E-state index in [1.54, 1.807) is 11.0 Å². The topological polar surface area (TPSA) is 52.6 Å². The van der Waals surface area contributed by atoms with Gasteiger partial charge in [-0.1, -0.05) is 32.9 Å². The first-order valence-corrected chi connectivity index (χ1v) is 8.23. The van der Waals surface area contributed by atoms with Crippen LogP contribution in [0.5, 0.6) is 0 Å². The molecule has 0 aliphatic carbocycles. The lowest BCUT2D eigenvalue weighted by atomic mass is 9.82. The van der Waals surface area contributed by atoms with Gasteiger partial charge in [0.05, 0.1) is 6.04 Å². The molecule has 1 saturated heterocycles. The number of aliphatic hydroxyl groups is 1. The maximum Gasteiger partial charge on any atom is 0.317 e. The summed E-state index contributed by atoms with van der Waals surface area (Å²) in [7, 11) is 0. The normalized spacial score (nSPS) is 20.2. The molecule has 1 fully saturated rings. The Morgan fingerprint density at radius 1 is 1.48 bits per heavy atom. The summed E-state index contributed by atoms with van der Waals surface area (Å²) in [5, 5.41) is 12.4. The van der Waals surface area contributed by atoms with Gasteiger partial charge in [-0.25, -0.2) is 9.18 Å². The molecule has 0 spiro atoms. The first kappa shape index (κ1) is 17.7. The third-order valence-corrected chi connectivity index (χ3v) is 4.38. The molecule has 0 radical (unpaired) electrons. The molecule has 0 saturated carbocycles.